The van der Waals surface area contributed by atoms with Crippen LogP contribution in [0.4, 0.5) is 0 Å². The van der Waals surface area contributed by atoms with Crippen molar-refractivity contribution in [3.63, 3.8) is 0 Å². The van der Waals surface area contributed by atoms with Crippen LogP contribution in [0.2, 0.25) is 0 Å². The predicted octanol–water partition coefficient (Wildman–Crippen LogP) is 5.31. The molecule has 0 bridgehead atoms. The molecule has 3 heteroatoms. The Kier molecular flexibility index (Phi) is 5.52. The lowest BCUT2D eigenvalue weighted by molar-refractivity contribution is -0.158. The van der Waals surface area contributed by atoms with Gasteiger partial charge in [-0.2, -0.15) is 0 Å². The number of hydrogen-bond acceptors (Lipinski definition) is 3. The molecule has 0 amide bonds. The average Bonchev–Trinajstić information content (AvgIpc) is 2.44. The van der Waals surface area contributed by atoms with Crippen molar-refractivity contribution in [1.29, 1.82) is 0 Å². The number of fused-ring (bicyclic) bond motifs is 1. The number of rotatable bonds is 5. The van der Waals surface area contributed by atoms with Crippen LogP contribution in [-0.4, -0.2) is 17.4 Å². The highest BCUT2D eigenvalue weighted by atomic mass is 16.6. The Morgan fingerprint density at radius 2 is 1.96 bits per heavy atom. The van der Waals surface area contributed by atoms with Gasteiger partial charge in [-0.15, -0.1) is 0 Å². The molecule has 0 spiro atoms. The Hall–Kier alpha value is -0.860. The molecule has 2 aliphatic carbocycles. The molecule has 0 aromatic rings. The number of Topliss-reactive ketones (excluding diaryl/α,β-unsaturated/α-hetero) is 1. The Balaban J connectivity index is 2.18. The zero-order valence-electron chi connectivity index (χ0n) is 16.5. The van der Waals surface area contributed by atoms with Crippen LogP contribution in [0.3, 0.4) is 0 Å². The van der Waals surface area contributed by atoms with Crippen molar-refractivity contribution >= 4 is 11.8 Å². The summed E-state index contributed by atoms with van der Waals surface area (Å²) < 4.78 is 5.57. The van der Waals surface area contributed by atoms with Gasteiger partial charge in [-0.05, 0) is 62.2 Å². The van der Waals surface area contributed by atoms with E-state index in [4.69, 9.17) is 4.74 Å². The van der Waals surface area contributed by atoms with Crippen molar-refractivity contribution < 1.29 is 14.3 Å². The van der Waals surface area contributed by atoms with Gasteiger partial charge in [-0.3, -0.25) is 9.59 Å². The van der Waals surface area contributed by atoms with Crippen LogP contribution in [0.25, 0.3) is 0 Å². The number of hydrogen-bond donors (Lipinski definition) is 0. The average molecular weight is 337 g/mol. The fraction of sp³-hybridized carbons (Fsp3) is 0.905. The number of carbonyl (C=O) groups excluding carboxylic acids is 2. The van der Waals surface area contributed by atoms with E-state index in [1.165, 1.54) is 19.8 Å². The quantitative estimate of drug-likeness (QED) is 0.639. The normalized spacial score (nSPS) is 35.0. The fourth-order valence-electron chi connectivity index (χ4n) is 5.72. The topological polar surface area (TPSA) is 43.4 Å². The van der Waals surface area contributed by atoms with Gasteiger partial charge in [0.05, 0.1) is 0 Å². The summed E-state index contributed by atoms with van der Waals surface area (Å²) in [7, 11) is 0. The van der Waals surface area contributed by atoms with E-state index in [2.05, 4.69) is 27.7 Å². The summed E-state index contributed by atoms with van der Waals surface area (Å²) in [5, 5.41) is 0. The van der Waals surface area contributed by atoms with Crippen LogP contribution >= 0.6 is 0 Å². The van der Waals surface area contributed by atoms with E-state index in [0.717, 1.165) is 38.5 Å². The van der Waals surface area contributed by atoms with Crippen molar-refractivity contribution in [2.45, 2.75) is 98.5 Å². The van der Waals surface area contributed by atoms with E-state index >= 15 is 0 Å². The van der Waals surface area contributed by atoms with Crippen molar-refractivity contribution in [1.82, 2.24) is 0 Å². The van der Waals surface area contributed by atoms with Gasteiger partial charge in [0.2, 0.25) is 0 Å². The van der Waals surface area contributed by atoms with Gasteiger partial charge >= 0.3 is 5.97 Å². The zero-order chi connectivity index (χ0) is 18.2. The summed E-state index contributed by atoms with van der Waals surface area (Å²) in [6, 6.07) is 0. The molecule has 0 saturated heterocycles. The molecule has 138 valence electrons. The minimum Gasteiger partial charge on any atom is -0.460 e. The fourth-order valence-corrected chi connectivity index (χ4v) is 5.72. The highest BCUT2D eigenvalue weighted by molar-refractivity contribution is 5.82. The smallest absolute Gasteiger partial charge is 0.303 e. The predicted molar refractivity (Wildman–Crippen MR) is 96.7 cm³/mol. The highest BCUT2D eigenvalue weighted by Gasteiger charge is 2.54. The van der Waals surface area contributed by atoms with Crippen LogP contribution in [0.15, 0.2) is 0 Å². The van der Waals surface area contributed by atoms with E-state index in [-0.39, 0.29) is 17.3 Å². The Morgan fingerprint density at radius 1 is 1.29 bits per heavy atom. The summed E-state index contributed by atoms with van der Waals surface area (Å²) in [6.07, 6.45) is 7.85. The first-order valence-electron chi connectivity index (χ1n) is 9.76. The van der Waals surface area contributed by atoms with Crippen molar-refractivity contribution in [3.8, 4) is 0 Å². The van der Waals surface area contributed by atoms with Gasteiger partial charge in [0.25, 0.3) is 0 Å². The van der Waals surface area contributed by atoms with Crippen LogP contribution in [-0.2, 0) is 14.3 Å². The van der Waals surface area contributed by atoms with Gasteiger partial charge in [0.1, 0.15) is 11.4 Å². The third-order valence-corrected chi connectivity index (χ3v) is 7.24. The lowest BCUT2D eigenvalue weighted by atomic mass is 9.47. The molecule has 2 saturated carbocycles. The SMILES string of the molecule is CC[C@@](C)(CC[C@H]1C(=O)CC[C@H]2C(C)(C)CCC[C@]12C)OC(C)=O. The molecule has 0 aromatic carbocycles. The standard InChI is InChI=1S/C21H36O3/c1-7-20(5,24-15(2)22)14-11-16-17(23)9-10-18-19(3,4)12-8-13-21(16,18)6/h16,18H,7-14H2,1-6H3/t16-,18-,20-,21+/m0/s1. The van der Waals surface area contributed by atoms with E-state index < -0.39 is 5.60 Å². The molecule has 0 aliphatic heterocycles. The van der Waals surface area contributed by atoms with E-state index in [1.807, 2.05) is 6.92 Å². The molecule has 0 aromatic heterocycles. The minimum atomic E-state index is -0.445. The second kappa shape index (κ2) is 6.80. The summed E-state index contributed by atoms with van der Waals surface area (Å²) in [5.41, 5.74) is -0.00253. The van der Waals surface area contributed by atoms with Crippen molar-refractivity contribution in [2.24, 2.45) is 22.7 Å². The number of esters is 1. The maximum absolute atomic E-state index is 12.8. The van der Waals surface area contributed by atoms with Crippen LogP contribution in [0.5, 0.6) is 0 Å². The Bertz CT molecular complexity index is 495. The Labute approximate surface area is 147 Å². The first-order chi connectivity index (χ1) is 11.0. The highest BCUT2D eigenvalue weighted by Crippen LogP contribution is 2.60. The molecule has 2 aliphatic rings. The lowest BCUT2D eigenvalue weighted by Crippen LogP contribution is -2.52. The Morgan fingerprint density at radius 3 is 2.54 bits per heavy atom. The molecule has 2 rings (SSSR count). The largest absolute Gasteiger partial charge is 0.460 e. The molecule has 0 unspecified atom stereocenters. The molecule has 2 fully saturated rings. The molecule has 4 atom stereocenters. The van der Waals surface area contributed by atoms with Gasteiger partial charge in [-0.25, -0.2) is 0 Å². The van der Waals surface area contributed by atoms with Gasteiger partial charge in [0.15, 0.2) is 0 Å². The van der Waals surface area contributed by atoms with Crippen LogP contribution in [0.1, 0.15) is 92.9 Å². The van der Waals surface area contributed by atoms with Gasteiger partial charge < -0.3 is 4.74 Å². The van der Waals surface area contributed by atoms with Crippen LogP contribution in [0, 0.1) is 22.7 Å². The monoisotopic (exact) mass is 336 g/mol. The molecule has 0 radical (unpaired) electrons. The third kappa shape index (κ3) is 3.70. The summed E-state index contributed by atoms with van der Waals surface area (Å²) >= 11 is 0. The molecular weight excluding hydrogens is 300 g/mol. The number of carbonyl (C=O) groups is 2. The molecule has 0 N–H and O–H groups in total. The maximum atomic E-state index is 12.8. The molecule has 0 heterocycles. The van der Waals surface area contributed by atoms with E-state index in [0.29, 0.717) is 17.1 Å². The number of ketones is 1. The molecule has 3 nitrogen and oxygen atoms in total. The van der Waals surface area contributed by atoms with E-state index in [1.54, 1.807) is 0 Å². The lowest BCUT2D eigenvalue weighted by Gasteiger charge is -2.57. The minimum absolute atomic E-state index is 0.113. The second-order valence-electron chi connectivity index (χ2n) is 9.39. The molecular formula is C21H36O3. The maximum Gasteiger partial charge on any atom is 0.303 e. The first-order valence-corrected chi connectivity index (χ1v) is 9.76. The van der Waals surface area contributed by atoms with Gasteiger partial charge in [0, 0.05) is 19.3 Å². The van der Waals surface area contributed by atoms with Crippen molar-refractivity contribution in [2.75, 3.05) is 0 Å². The summed E-state index contributed by atoms with van der Waals surface area (Å²) in [4.78, 5) is 24.2. The third-order valence-electron chi connectivity index (χ3n) is 7.24. The zero-order valence-corrected chi connectivity index (χ0v) is 16.5. The number of ether oxygens (including phenoxy) is 1. The summed E-state index contributed by atoms with van der Waals surface area (Å²) in [6.45, 7) is 12.7. The van der Waals surface area contributed by atoms with E-state index in [9.17, 15) is 9.59 Å². The summed E-state index contributed by atoms with van der Waals surface area (Å²) in [5.74, 6) is 0.963. The second-order valence-corrected chi connectivity index (χ2v) is 9.39. The van der Waals surface area contributed by atoms with Gasteiger partial charge in [-0.1, -0.05) is 34.1 Å². The molecule has 24 heavy (non-hydrogen) atoms. The first kappa shape index (κ1) is 19.5. The van der Waals surface area contributed by atoms with Crippen molar-refractivity contribution in [3.05, 3.63) is 0 Å². The van der Waals surface area contributed by atoms with Crippen LogP contribution < -0.4 is 0 Å².